The predicted molar refractivity (Wildman–Crippen MR) is 130 cm³/mol. The summed E-state index contributed by atoms with van der Waals surface area (Å²) in [5, 5.41) is 5.44. The van der Waals surface area contributed by atoms with E-state index in [0.29, 0.717) is 30.5 Å². The molecule has 0 spiro atoms. The van der Waals surface area contributed by atoms with Crippen molar-refractivity contribution >= 4 is 27.5 Å². The van der Waals surface area contributed by atoms with Gasteiger partial charge in [-0.3, -0.25) is 9.59 Å². The molecule has 1 aliphatic heterocycles. The normalized spacial score (nSPS) is 19.2. The van der Waals surface area contributed by atoms with Gasteiger partial charge >= 0.3 is 0 Å². The second-order valence-electron chi connectivity index (χ2n) is 9.30. The molecule has 0 unspecified atom stereocenters. The number of hydrogen-bond donors (Lipinski definition) is 2. The SMILES string of the molecule is Cc1cc(C)c(NC(=O)CNC(=O)c2ccc(S(=O)(=O)N3C[C@@H](C)C[C@H](C)C3)cc2)c(C)c1. The number of rotatable bonds is 6. The highest BCUT2D eigenvalue weighted by Crippen LogP contribution is 2.27. The van der Waals surface area contributed by atoms with Gasteiger partial charge in [-0.2, -0.15) is 4.31 Å². The van der Waals surface area contributed by atoms with Crippen LogP contribution in [0.3, 0.4) is 0 Å². The number of anilines is 1. The highest BCUT2D eigenvalue weighted by Gasteiger charge is 2.31. The minimum atomic E-state index is -3.60. The summed E-state index contributed by atoms with van der Waals surface area (Å²) >= 11 is 0. The Morgan fingerprint density at radius 2 is 1.52 bits per heavy atom. The number of nitrogens with zero attached hydrogens (tertiary/aromatic N) is 1. The number of carbonyl (C=O) groups is 2. The van der Waals surface area contributed by atoms with E-state index in [4.69, 9.17) is 0 Å². The second-order valence-corrected chi connectivity index (χ2v) is 11.2. The van der Waals surface area contributed by atoms with E-state index in [2.05, 4.69) is 24.5 Å². The van der Waals surface area contributed by atoms with Crippen molar-refractivity contribution in [3.05, 3.63) is 58.7 Å². The molecule has 0 aromatic heterocycles. The molecule has 8 heteroatoms. The molecule has 0 aliphatic carbocycles. The van der Waals surface area contributed by atoms with Gasteiger partial charge in [0.15, 0.2) is 0 Å². The van der Waals surface area contributed by atoms with Crippen LogP contribution < -0.4 is 10.6 Å². The Hall–Kier alpha value is -2.71. The molecule has 0 bridgehead atoms. The van der Waals surface area contributed by atoms with E-state index < -0.39 is 15.9 Å². The van der Waals surface area contributed by atoms with Gasteiger partial charge in [-0.25, -0.2) is 8.42 Å². The molecule has 7 nitrogen and oxygen atoms in total. The topological polar surface area (TPSA) is 95.6 Å². The zero-order chi connectivity index (χ0) is 24.3. The van der Waals surface area contributed by atoms with E-state index >= 15 is 0 Å². The van der Waals surface area contributed by atoms with Gasteiger partial charge in [0.2, 0.25) is 15.9 Å². The molecule has 2 aromatic rings. The van der Waals surface area contributed by atoms with Gasteiger partial charge in [0.05, 0.1) is 11.4 Å². The Kier molecular flexibility index (Phi) is 7.59. The van der Waals surface area contributed by atoms with Crippen molar-refractivity contribution in [2.75, 3.05) is 25.0 Å². The van der Waals surface area contributed by atoms with Gasteiger partial charge in [-0.05, 0) is 74.4 Å². The average Bonchev–Trinajstić information content (AvgIpc) is 2.74. The third-order valence-electron chi connectivity index (χ3n) is 5.94. The third kappa shape index (κ3) is 6.00. The summed E-state index contributed by atoms with van der Waals surface area (Å²) in [5.74, 6) is -0.142. The lowest BCUT2D eigenvalue weighted by Crippen LogP contribution is -2.42. The van der Waals surface area contributed by atoms with Crippen molar-refractivity contribution in [2.45, 2.75) is 45.9 Å². The summed E-state index contributed by atoms with van der Waals surface area (Å²) in [5.41, 5.74) is 4.08. The van der Waals surface area contributed by atoms with Crippen LogP contribution in [0.15, 0.2) is 41.3 Å². The summed E-state index contributed by atoms with van der Waals surface area (Å²) < 4.78 is 27.5. The van der Waals surface area contributed by atoms with Crippen LogP contribution in [0.5, 0.6) is 0 Å². The van der Waals surface area contributed by atoms with E-state index in [9.17, 15) is 18.0 Å². The molecule has 2 amide bonds. The maximum atomic E-state index is 13.0. The fourth-order valence-electron chi connectivity index (χ4n) is 4.55. The Morgan fingerprint density at radius 1 is 0.970 bits per heavy atom. The van der Waals surface area contributed by atoms with Gasteiger partial charge in [-0.1, -0.05) is 31.5 Å². The van der Waals surface area contributed by atoms with Crippen LogP contribution in [-0.4, -0.2) is 44.2 Å². The number of carbonyl (C=O) groups excluding carboxylic acids is 2. The Labute approximate surface area is 196 Å². The minimum Gasteiger partial charge on any atom is -0.343 e. The fourth-order valence-corrected chi connectivity index (χ4v) is 6.23. The standard InChI is InChI=1S/C25H33N3O4S/c1-16-11-19(4)24(20(5)12-16)27-23(29)13-26-25(30)21-6-8-22(9-7-21)33(31,32)28-14-17(2)10-18(3)15-28/h6-9,11-12,17-18H,10,13-15H2,1-5H3,(H,26,30)(H,27,29)/t17-,18-/m0/s1. The van der Waals surface area contributed by atoms with Gasteiger partial charge in [0.1, 0.15) is 0 Å². The van der Waals surface area contributed by atoms with Crippen molar-refractivity contribution in [3.63, 3.8) is 0 Å². The molecular formula is C25H33N3O4S. The zero-order valence-electron chi connectivity index (χ0n) is 19.9. The van der Waals surface area contributed by atoms with Crippen LogP contribution >= 0.6 is 0 Å². The molecule has 0 radical (unpaired) electrons. The van der Waals surface area contributed by atoms with E-state index in [0.717, 1.165) is 28.8 Å². The molecule has 1 aliphatic rings. The zero-order valence-corrected chi connectivity index (χ0v) is 20.8. The molecule has 2 N–H and O–H groups in total. The van der Waals surface area contributed by atoms with Crippen LogP contribution in [0.25, 0.3) is 0 Å². The van der Waals surface area contributed by atoms with Crippen LogP contribution in [0.1, 0.15) is 47.3 Å². The summed E-state index contributed by atoms with van der Waals surface area (Å²) in [6.07, 6.45) is 1.02. The van der Waals surface area contributed by atoms with Crippen molar-refractivity contribution in [1.82, 2.24) is 9.62 Å². The number of nitrogens with one attached hydrogen (secondary N) is 2. The van der Waals surface area contributed by atoms with Gasteiger partial charge < -0.3 is 10.6 Å². The summed E-state index contributed by atoms with van der Waals surface area (Å²) in [6, 6.07) is 9.83. The van der Waals surface area contributed by atoms with Crippen LogP contribution in [-0.2, 0) is 14.8 Å². The van der Waals surface area contributed by atoms with Gasteiger partial charge in [0, 0.05) is 24.3 Å². The summed E-state index contributed by atoms with van der Waals surface area (Å²) in [6.45, 7) is 10.8. The predicted octanol–water partition coefficient (Wildman–Crippen LogP) is 3.65. The number of hydrogen-bond acceptors (Lipinski definition) is 4. The largest absolute Gasteiger partial charge is 0.343 e. The first-order valence-electron chi connectivity index (χ1n) is 11.2. The monoisotopic (exact) mass is 471 g/mol. The number of benzene rings is 2. The van der Waals surface area contributed by atoms with Crippen LogP contribution in [0.4, 0.5) is 5.69 Å². The summed E-state index contributed by atoms with van der Waals surface area (Å²) in [7, 11) is -3.60. The molecule has 2 atom stereocenters. The maximum Gasteiger partial charge on any atom is 0.251 e. The molecule has 3 rings (SSSR count). The van der Waals surface area contributed by atoms with Crippen LogP contribution in [0, 0.1) is 32.6 Å². The first-order valence-corrected chi connectivity index (χ1v) is 12.7. The lowest BCUT2D eigenvalue weighted by atomic mass is 9.94. The van der Waals surface area contributed by atoms with Crippen molar-refractivity contribution in [3.8, 4) is 0 Å². The van der Waals surface area contributed by atoms with Crippen molar-refractivity contribution < 1.29 is 18.0 Å². The van der Waals surface area contributed by atoms with Crippen molar-refractivity contribution in [1.29, 1.82) is 0 Å². The smallest absolute Gasteiger partial charge is 0.251 e. The van der Waals surface area contributed by atoms with E-state index in [-0.39, 0.29) is 17.3 Å². The molecule has 178 valence electrons. The quantitative estimate of drug-likeness (QED) is 0.672. The fraction of sp³-hybridized carbons (Fsp3) is 0.440. The molecule has 1 saturated heterocycles. The lowest BCUT2D eigenvalue weighted by Gasteiger charge is -2.34. The van der Waals surface area contributed by atoms with Gasteiger partial charge in [0.25, 0.3) is 5.91 Å². The second kappa shape index (κ2) is 10.1. The van der Waals surface area contributed by atoms with Crippen molar-refractivity contribution in [2.24, 2.45) is 11.8 Å². The minimum absolute atomic E-state index is 0.170. The number of sulfonamides is 1. The van der Waals surface area contributed by atoms with Gasteiger partial charge in [-0.15, -0.1) is 0 Å². The number of piperidine rings is 1. The molecule has 1 fully saturated rings. The number of amides is 2. The highest BCUT2D eigenvalue weighted by atomic mass is 32.2. The molecule has 1 heterocycles. The first-order chi connectivity index (χ1) is 15.5. The maximum absolute atomic E-state index is 13.0. The third-order valence-corrected chi connectivity index (χ3v) is 7.79. The first kappa shape index (κ1) is 24.9. The lowest BCUT2D eigenvalue weighted by molar-refractivity contribution is -0.115. The molecular weight excluding hydrogens is 438 g/mol. The Balaban J connectivity index is 1.61. The Morgan fingerprint density at radius 3 is 2.06 bits per heavy atom. The highest BCUT2D eigenvalue weighted by molar-refractivity contribution is 7.89. The van der Waals surface area contributed by atoms with E-state index in [1.807, 2.05) is 32.9 Å². The average molecular weight is 472 g/mol. The Bertz CT molecular complexity index is 1110. The number of aryl methyl sites for hydroxylation is 3. The van der Waals surface area contributed by atoms with Crippen LogP contribution in [0.2, 0.25) is 0 Å². The summed E-state index contributed by atoms with van der Waals surface area (Å²) in [4.78, 5) is 25.0. The molecule has 2 aromatic carbocycles. The van der Waals surface area contributed by atoms with E-state index in [1.54, 1.807) is 0 Å². The molecule has 0 saturated carbocycles. The molecule has 33 heavy (non-hydrogen) atoms. The van der Waals surface area contributed by atoms with E-state index in [1.165, 1.54) is 28.6 Å².